The first-order chi connectivity index (χ1) is 7.16. The Bertz CT molecular complexity index is 292. The van der Waals surface area contributed by atoms with Crippen molar-refractivity contribution in [3.8, 4) is 0 Å². The molecule has 1 aromatic rings. The van der Waals surface area contributed by atoms with E-state index in [9.17, 15) is 0 Å². The second-order valence-electron chi connectivity index (χ2n) is 3.82. The standard InChI is InChI=1S/C10H21N5/c1-14(2)10-13-8-9(15(10)3)7-12-6-4-5-11/h8,12H,4-7,11H2,1-3H3. The van der Waals surface area contributed by atoms with Crippen LogP contribution in [0.5, 0.6) is 0 Å². The summed E-state index contributed by atoms with van der Waals surface area (Å²) in [5.74, 6) is 0.977. The summed E-state index contributed by atoms with van der Waals surface area (Å²) < 4.78 is 2.09. The number of nitrogens with two attached hydrogens (primary N) is 1. The van der Waals surface area contributed by atoms with Crippen LogP contribution in [0, 0.1) is 0 Å². The molecular formula is C10H21N5. The molecule has 1 aromatic heterocycles. The van der Waals surface area contributed by atoms with Crippen LogP contribution in [0.15, 0.2) is 6.20 Å². The highest BCUT2D eigenvalue weighted by Crippen LogP contribution is 2.10. The number of rotatable bonds is 6. The lowest BCUT2D eigenvalue weighted by molar-refractivity contribution is 0.630. The van der Waals surface area contributed by atoms with E-state index in [1.165, 1.54) is 5.69 Å². The topological polar surface area (TPSA) is 59.1 Å². The maximum Gasteiger partial charge on any atom is 0.204 e. The van der Waals surface area contributed by atoms with Gasteiger partial charge in [0.15, 0.2) is 0 Å². The molecule has 0 aliphatic heterocycles. The molecule has 86 valence electrons. The summed E-state index contributed by atoms with van der Waals surface area (Å²) in [7, 11) is 6.02. The molecule has 0 fully saturated rings. The molecule has 0 aliphatic rings. The second-order valence-corrected chi connectivity index (χ2v) is 3.82. The molecule has 0 saturated carbocycles. The summed E-state index contributed by atoms with van der Waals surface area (Å²) in [5.41, 5.74) is 6.61. The van der Waals surface area contributed by atoms with E-state index in [2.05, 4.69) is 14.9 Å². The molecule has 5 nitrogen and oxygen atoms in total. The van der Waals surface area contributed by atoms with E-state index in [0.29, 0.717) is 0 Å². The molecule has 0 aromatic carbocycles. The smallest absolute Gasteiger partial charge is 0.204 e. The van der Waals surface area contributed by atoms with Gasteiger partial charge in [0.25, 0.3) is 0 Å². The third kappa shape index (κ3) is 3.21. The molecule has 0 bridgehead atoms. The van der Waals surface area contributed by atoms with Gasteiger partial charge in [0.1, 0.15) is 0 Å². The van der Waals surface area contributed by atoms with E-state index in [0.717, 1.165) is 32.0 Å². The van der Waals surface area contributed by atoms with Crippen LogP contribution in [0.2, 0.25) is 0 Å². The van der Waals surface area contributed by atoms with Gasteiger partial charge in [-0.25, -0.2) is 4.98 Å². The zero-order chi connectivity index (χ0) is 11.3. The molecule has 0 saturated heterocycles. The summed E-state index contributed by atoms with van der Waals surface area (Å²) in [6, 6.07) is 0. The van der Waals surface area contributed by atoms with E-state index >= 15 is 0 Å². The second kappa shape index (κ2) is 5.72. The monoisotopic (exact) mass is 211 g/mol. The first kappa shape index (κ1) is 12.0. The highest BCUT2D eigenvalue weighted by Gasteiger charge is 2.06. The predicted octanol–water partition coefficient (Wildman–Crippen LogP) is -0.0755. The van der Waals surface area contributed by atoms with Gasteiger partial charge in [-0.1, -0.05) is 0 Å². The minimum atomic E-state index is 0.737. The summed E-state index contributed by atoms with van der Waals surface area (Å²) in [5, 5.41) is 3.34. The van der Waals surface area contributed by atoms with E-state index in [-0.39, 0.29) is 0 Å². The van der Waals surface area contributed by atoms with E-state index in [4.69, 9.17) is 5.73 Å². The van der Waals surface area contributed by atoms with Crippen LogP contribution in [0.1, 0.15) is 12.1 Å². The molecule has 1 heterocycles. The van der Waals surface area contributed by atoms with Gasteiger partial charge in [0, 0.05) is 27.7 Å². The Morgan fingerprint density at radius 2 is 2.27 bits per heavy atom. The maximum atomic E-state index is 5.42. The Balaban J connectivity index is 2.48. The average molecular weight is 211 g/mol. The lowest BCUT2D eigenvalue weighted by Gasteiger charge is -2.12. The Hall–Kier alpha value is -1.07. The lowest BCUT2D eigenvalue weighted by atomic mass is 10.4. The molecule has 0 amide bonds. The van der Waals surface area contributed by atoms with Crippen molar-refractivity contribution in [1.29, 1.82) is 0 Å². The van der Waals surface area contributed by atoms with Gasteiger partial charge in [0.05, 0.1) is 11.9 Å². The molecule has 0 atom stereocenters. The normalized spacial score (nSPS) is 10.7. The van der Waals surface area contributed by atoms with Gasteiger partial charge < -0.3 is 20.5 Å². The lowest BCUT2D eigenvalue weighted by Crippen LogP contribution is -2.20. The number of aromatic nitrogens is 2. The van der Waals surface area contributed by atoms with Crippen molar-refractivity contribution in [2.45, 2.75) is 13.0 Å². The molecule has 0 radical (unpaired) electrons. The van der Waals surface area contributed by atoms with Crippen LogP contribution < -0.4 is 16.0 Å². The van der Waals surface area contributed by atoms with E-state index in [1.54, 1.807) is 0 Å². The van der Waals surface area contributed by atoms with Gasteiger partial charge in [0.2, 0.25) is 5.95 Å². The van der Waals surface area contributed by atoms with E-state index < -0.39 is 0 Å². The minimum Gasteiger partial charge on any atom is -0.348 e. The fourth-order valence-corrected chi connectivity index (χ4v) is 1.46. The molecule has 15 heavy (non-hydrogen) atoms. The number of nitrogens with one attached hydrogen (secondary N) is 1. The maximum absolute atomic E-state index is 5.42. The third-order valence-corrected chi connectivity index (χ3v) is 2.32. The number of anilines is 1. The molecule has 3 N–H and O–H groups in total. The Kier molecular flexibility index (Phi) is 4.58. The Labute approximate surface area is 91.3 Å². The van der Waals surface area contributed by atoms with Gasteiger partial charge in [-0.15, -0.1) is 0 Å². The molecule has 5 heteroatoms. The predicted molar refractivity (Wildman–Crippen MR) is 62.9 cm³/mol. The van der Waals surface area contributed by atoms with Crippen LogP contribution in [0.3, 0.4) is 0 Å². The largest absolute Gasteiger partial charge is 0.348 e. The van der Waals surface area contributed by atoms with Crippen LogP contribution in [-0.4, -0.2) is 36.7 Å². The van der Waals surface area contributed by atoms with Crippen molar-refractivity contribution in [1.82, 2.24) is 14.9 Å². The van der Waals surface area contributed by atoms with Gasteiger partial charge in [-0.2, -0.15) is 0 Å². The molecule has 0 unspecified atom stereocenters. The highest BCUT2D eigenvalue weighted by atomic mass is 15.3. The minimum absolute atomic E-state index is 0.737. The van der Waals surface area contributed by atoms with E-state index in [1.807, 2.05) is 32.2 Å². The van der Waals surface area contributed by atoms with Crippen molar-refractivity contribution >= 4 is 5.95 Å². The zero-order valence-corrected chi connectivity index (χ0v) is 9.82. The van der Waals surface area contributed by atoms with Crippen LogP contribution in [-0.2, 0) is 13.6 Å². The van der Waals surface area contributed by atoms with Crippen LogP contribution in [0.4, 0.5) is 5.95 Å². The summed E-state index contributed by atoms with van der Waals surface area (Å²) in [4.78, 5) is 6.34. The van der Waals surface area contributed by atoms with Crippen molar-refractivity contribution in [3.05, 3.63) is 11.9 Å². The fourth-order valence-electron chi connectivity index (χ4n) is 1.46. The fraction of sp³-hybridized carbons (Fsp3) is 0.700. The number of imidazole rings is 1. The van der Waals surface area contributed by atoms with Gasteiger partial charge >= 0.3 is 0 Å². The Morgan fingerprint density at radius 1 is 1.53 bits per heavy atom. The number of hydrogen-bond acceptors (Lipinski definition) is 4. The molecular weight excluding hydrogens is 190 g/mol. The SMILES string of the molecule is CN(C)c1ncc(CNCCCN)n1C. The number of nitrogens with zero attached hydrogens (tertiary/aromatic N) is 3. The zero-order valence-electron chi connectivity index (χ0n) is 9.82. The third-order valence-electron chi connectivity index (χ3n) is 2.32. The Morgan fingerprint density at radius 3 is 2.80 bits per heavy atom. The molecule has 0 aliphatic carbocycles. The van der Waals surface area contributed by atoms with Gasteiger partial charge in [-0.05, 0) is 19.5 Å². The van der Waals surface area contributed by atoms with Crippen LogP contribution >= 0.6 is 0 Å². The number of hydrogen-bond donors (Lipinski definition) is 2. The van der Waals surface area contributed by atoms with Crippen molar-refractivity contribution in [2.24, 2.45) is 12.8 Å². The van der Waals surface area contributed by atoms with Crippen LogP contribution in [0.25, 0.3) is 0 Å². The highest BCUT2D eigenvalue weighted by molar-refractivity contribution is 5.30. The van der Waals surface area contributed by atoms with Crippen molar-refractivity contribution in [2.75, 3.05) is 32.1 Å². The molecule has 1 rings (SSSR count). The van der Waals surface area contributed by atoms with Crippen molar-refractivity contribution < 1.29 is 0 Å². The molecule has 0 spiro atoms. The average Bonchev–Trinajstić information content (AvgIpc) is 2.55. The van der Waals surface area contributed by atoms with Crippen molar-refractivity contribution in [3.63, 3.8) is 0 Å². The van der Waals surface area contributed by atoms with Gasteiger partial charge in [-0.3, -0.25) is 0 Å². The quantitative estimate of drug-likeness (QED) is 0.646. The summed E-state index contributed by atoms with van der Waals surface area (Å²) >= 11 is 0. The first-order valence-electron chi connectivity index (χ1n) is 5.25. The first-order valence-corrected chi connectivity index (χ1v) is 5.25. The summed E-state index contributed by atoms with van der Waals surface area (Å²) in [6.07, 6.45) is 2.92. The summed E-state index contributed by atoms with van der Waals surface area (Å²) in [6.45, 7) is 2.54.